The van der Waals surface area contributed by atoms with E-state index in [0.717, 1.165) is 21.7 Å². The largest absolute Gasteiger partial charge is 0.507 e. The normalized spacial score (nSPS) is 17.7. The van der Waals surface area contributed by atoms with Crippen molar-refractivity contribution < 1.29 is 34.1 Å². The molecule has 6 rings (SSSR count). The molecule has 2 aliphatic heterocycles. The average molecular weight is 828 g/mol. The van der Waals surface area contributed by atoms with Gasteiger partial charge in [0.15, 0.2) is 5.82 Å². The molecule has 314 valence electrons. The van der Waals surface area contributed by atoms with Crippen LogP contribution >= 0.6 is 11.3 Å². The monoisotopic (exact) mass is 827 g/mol. The molecule has 16 nitrogen and oxygen atoms in total. The summed E-state index contributed by atoms with van der Waals surface area (Å²) in [5, 5.41) is 37.7. The SMILES string of the molecule is Cc1ncsc1-c1ccc(CNC(=O)[C@@H]2C[C@@H](O)CN2C(=O)[C@@H](CNC(=O)COCC(=O)NC2CCN(c3cc(-c4ccccc4O)nnc3N)CC2)C(C)(C)C)cc1. The number of amides is 4. The Kier molecular flexibility index (Phi) is 13.8. The number of aliphatic hydroxyl groups is 1. The Balaban J connectivity index is 0.932. The van der Waals surface area contributed by atoms with Crippen molar-refractivity contribution in [2.75, 3.05) is 50.0 Å². The van der Waals surface area contributed by atoms with Crippen LogP contribution in [0.5, 0.6) is 5.75 Å². The van der Waals surface area contributed by atoms with Gasteiger partial charge >= 0.3 is 0 Å². The van der Waals surface area contributed by atoms with E-state index in [9.17, 15) is 29.4 Å². The number of benzene rings is 2. The molecule has 3 atom stereocenters. The number of aliphatic hydroxyl groups excluding tert-OH is 1. The fraction of sp³-hybridized carbons (Fsp3) is 0.452. The van der Waals surface area contributed by atoms with Crippen LogP contribution in [0, 0.1) is 18.3 Å². The number of carbonyl (C=O) groups excluding carboxylic acids is 4. The zero-order valence-electron chi connectivity index (χ0n) is 33.8. The number of anilines is 2. The zero-order valence-corrected chi connectivity index (χ0v) is 34.6. The van der Waals surface area contributed by atoms with Crippen LogP contribution in [0.25, 0.3) is 21.7 Å². The van der Waals surface area contributed by atoms with Gasteiger partial charge in [0.25, 0.3) is 0 Å². The second kappa shape index (κ2) is 18.9. The van der Waals surface area contributed by atoms with Crippen LogP contribution in [-0.4, -0.2) is 112 Å². The van der Waals surface area contributed by atoms with Crippen LogP contribution < -0.4 is 26.6 Å². The fourth-order valence-electron chi connectivity index (χ4n) is 7.43. The third kappa shape index (κ3) is 10.9. The number of hydrogen-bond acceptors (Lipinski definition) is 13. The van der Waals surface area contributed by atoms with E-state index in [4.69, 9.17) is 10.5 Å². The van der Waals surface area contributed by atoms with E-state index in [1.54, 1.807) is 41.7 Å². The second-order valence-electron chi connectivity index (χ2n) is 16.1. The maximum atomic E-state index is 14.0. The molecule has 17 heteroatoms. The second-order valence-corrected chi connectivity index (χ2v) is 17.0. The molecule has 2 aromatic heterocycles. The summed E-state index contributed by atoms with van der Waals surface area (Å²) in [5.74, 6) is -1.90. The third-order valence-corrected chi connectivity index (χ3v) is 11.8. The van der Waals surface area contributed by atoms with Gasteiger partial charge in [0.1, 0.15) is 25.0 Å². The third-order valence-electron chi connectivity index (χ3n) is 10.8. The summed E-state index contributed by atoms with van der Waals surface area (Å²) in [6.45, 7) is 8.33. The number of aryl methyl sites for hydroxylation is 1. The molecule has 0 aliphatic carbocycles. The summed E-state index contributed by atoms with van der Waals surface area (Å²) in [4.78, 5) is 61.8. The molecule has 0 unspecified atom stereocenters. The number of phenols is 1. The molecule has 59 heavy (non-hydrogen) atoms. The smallest absolute Gasteiger partial charge is 0.246 e. The van der Waals surface area contributed by atoms with E-state index in [2.05, 4.69) is 36.0 Å². The fourth-order valence-corrected chi connectivity index (χ4v) is 8.25. The highest BCUT2D eigenvalue weighted by Gasteiger charge is 2.44. The van der Waals surface area contributed by atoms with E-state index in [0.29, 0.717) is 42.9 Å². The Labute approximate surface area is 347 Å². The highest BCUT2D eigenvalue weighted by Crippen LogP contribution is 2.33. The summed E-state index contributed by atoms with van der Waals surface area (Å²) < 4.78 is 5.43. The maximum Gasteiger partial charge on any atom is 0.246 e. The number of thiazole rings is 1. The summed E-state index contributed by atoms with van der Waals surface area (Å²) >= 11 is 1.57. The number of β-amino-alcohol motifs (C(OH)–C–C–N with tert-alkyl or cyclic N) is 1. The van der Waals surface area contributed by atoms with Gasteiger partial charge in [-0.3, -0.25) is 19.2 Å². The number of piperidine rings is 1. The summed E-state index contributed by atoms with van der Waals surface area (Å²) in [7, 11) is 0. The molecular weight excluding hydrogens is 775 g/mol. The molecule has 4 amide bonds. The molecule has 2 aliphatic rings. The van der Waals surface area contributed by atoms with Crippen molar-refractivity contribution in [3.8, 4) is 27.4 Å². The molecule has 4 heterocycles. The predicted octanol–water partition coefficient (Wildman–Crippen LogP) is 3.02. The number of phenolic OH excluding ortho intramolecular Hbond substituents is 1. The Hall–Kier alpha value is -5.65. The highest BCUT2D eigenvalue weighted by atomic mass is 32.1. The van der Waals surface area contributed by atoms with E-state index in [1.807, 2.05) is 57.5 Å². The lowest BCUT2D eigenvalue weighted by Gasteiger charge is -2.35. The van der Waals surface area contributed by atoms with Crippen LogP contribution in [-0.2, 0) is 30.5 Å². The molecule has 2 saturated heterocycles. The van der Waals surface area contributed by atoms with Crippen LogP contribution in [0.15, 0.2) is 60.1 Å². The minimum atomic E-state index is -0.861. The van der Waals surface area contributed by atoms with Crippen molar-refractivity contribution in [1.82, 2.24) is 36.0 Å². The van der Waals surface area contributed by atoms with Crippen molar-refractivity contribution in [2.24, 2.45) is 11.3 Å². The molecule has 2 aromatic carbocycles. The van der Waals surface area contributed by atoms with E-state index < -0.39 is 29.4 Å². The number of aromatic nitrogens is 3. The van der Waals surface area contributed by atoms with Crippen LogP contribution in [0.4, 0.5) is 11.5 Å². The summed E-state index contributed by atoms with van der Waals surface area (Å²) in [6, 6.07) is 15.6. The first-order valence-electron chi connectivity index (χ1n) is 19.7. The lowest BCUT2D eigenvalue weighted by molar-refractivity contribution is -0.144. The van der Waals surface area contributed by atoms with Crippen LogP contribution in [0.2, 0.25) is 0 Å². The number of nitrogens with one attached hydrogen (secondary N) is 3. The van der Waals surface area contributed by atoms with E-state index in [-0.39, 0.29) is 74.6 Å². The number of carbonyl (C=O) groups is 4. The first kappa shape index (κ1) is 42.9. The van der Waals surface area contributed by atoms with Gasteiger partial charge in [-0.2, -0.15) is 0 Å². The quantitative estimate of drug-likeness (QED) is 0.108. The lowest BCUT2D eigenvalue weighted by Crippen LogP contribution is -2.52. The number of para-hydroxylation sites is 1. The van der Waals surface area contributed by atoms with Crippen molar-refractivity contribution >= 4 is 46.5 Å². The van der Waals surface area contributed by atoms with E-state index >= 15 is 0 Å². The van der Waals surface area contributed by atoms with Crippen molar-refractivity contribution in [2.45, 2.75) is 71.7 Å². The number of rotatable bonds is 14. The number of nitrogens with two attached hydrogens (primary N) is 1. The van der Waals surface area contributed by atoms with Gasteiger partial charge in [-0.05, 0) is 54.5 Å². The standard InChI is InChI=1S/C42H53N9O7S/c1-25-38(59-24-46-25)27-11-9-26(10-12-27)19-45-40(56)34-17-29(52)21-51(34)41(57)31(42(2,3)4)20-44-36(54)22-58-23-37(55)47-28-13-15-50(16-14-28)33-18-32(48-49-39(33)43)30-7-5-6-8-35(30)53/h5-12,18,24,28-29,31,34,52-53H,13-17,19-23H2,1-4H3,(H2,43,49)(H,44,54)(H,45,56)(H,47,55)/t29-,31-,34+/m1/s1. The van der Waals surface area contributed by atoms with Gasteiger partial charge in [-0.15, -0.1) is 21.5 Å². The highest BCUT2D eigenvalue weighted by molar-refractivity contribution is 7.13. The predicted molar refractivity (Wildman–Crippen MR) is 224 cm³/mol. The number of likely N-dealkylation sites (tertiary alicyclic amines) is 1. The van der Waals surface area contributed by atoms with Gasteiger partial charge in [0, 0.05) is 50.7 Å². The molecule has 0 spiro atoms. The molecule has 4 aromatic rings. The van der Waals surface area contributed by atoms with Crippen molar-refractivity contribution in [3.63, 3.8) is 0 Å². The van der Waals surface area contributed by atoms with Gasteiger partial charge in [0.2, 0.25) is 23.6 Å². The molecule has 0 saturated carbocycles. The first-order valence-corrected chi connectivity index (χ1v) is 20.6. The minimum absolute atomic E-state index is 0.00711. The van der Waals surface area contributed by atoms with Crippen LogP contribution in [0.3, 0.4) is 0 Å². The maximum absolute atomic E-state index is 14.0. The topological polar surface area (TPSA) is 225 Å². The molecule has 0 bridgehead atoms. The number of ether oxygens (including phenoxy) is 1. The van der Waals surface area contributed by atoms with Gasteiger partial charge in [0.05, 0.1) is 39.5 Å². The van der Waals surface area contributed by atoms with E-state index in [1.165, 1.54) is 4.90 Å². The first-order chi connectivity index (χ1) is 28.2. The minimum Gasteiger partial charge on any atom is -0.507 e. The Morgan fingerprint density at radius 2 is 1.71 bits per heavy atom. The zero-order chi connectivity index (χ0) is 42.3. The van der Waals surface area contributed by atoms with Gasteiger partial charge in [-0.1, -0.05) is 57.2 Å². The Morgan fingerprint density at radius 1 is 1.00 bits per heavy atom. The summed E-state index contributed by atoms with van der Waals surface area (Å²) in [6.07, 6.45) is 0.528. The molecule has 7 N–H and O–H groups in total. The van der Waals surface area contributed by atoms with Crippen molar-refractivity contribution in [1.29, 1.82) is 0 Å². The van der Waals surface area contributed by atoms with Gasteiger partial charge in [-0.25, -0.2) is 4.98 Å². The number of hydrogen-bond donors (Lipinski definition) is 6. The summed E-state index contributed by atoms with van der Waals surface area (Å²) in [5.41, 5.74) is 12.0. The van der Waals surface area contributed by atoms with Gasteiger partial charge < -0.3 is 46.4 Å². The van der Waals surface area contributed by atoms with Crippen LogP contribution in [0.1, 0.15) is 51.3 Å². The number of nitrogens with zero attached hydrogens (tertiary/aromatic N) is 5. The average Bonchev–Trinajstić information content (AvgIpc) is 3.82. The number of nitrogen functional groups attached to an aromatic ring is 1. The Morgan fingerprint density at radius 3 is 2.39 bits per heavy atom. The lowest BCUT2D eigenvalue weighted by atomic mass is 9.79. The Bertz CT molecular complexity index is 2120. The number of aromatic hydroxyl groups is 1. The van der Waals surface area contributed by atoms with Crippen molar-refractivity contribution in [3.05, 3.63) is 71.4 Å². The molecule has 0 radical (unpaired) electrons. The molecular formula is C42H53N9O7S. The molecule has 2 fully saturated rings.